The molecule has 0 aliphatic carbocycles. The Labute approximate surface area is 151 Å². The molecule has 25 heavy (non-hydrogen) atoms. The summed E-state index contributed by atoms with van der Waals surface area (Å²) in [5.74, 6) is -0.326. The first-order chi connectivity index (χ1) is 11.8. The van der Waals surface area contributed by atoms with Crippen molar-refractivity contribution in [2.24, 2.45) is 17.3 Å². The lowest BCUT2D eigenvalue weighted by Crippen LogP contribution is -2.31. The number of rotatable bonds is 11. The Hall–Kier alpha value is -0.910. The lowest BCUT2D eigenvalue weighted by Gasteiger charge is -2.30. The molecule has 0 saturated carbocycles. The molecule has 5 nitrogen and oxygen atoms in total. The number of carboxylic acids is 1. The van der Waals surface area contributed by atoms with Crippen molar-refractivity contribution in [2.45, 2.75) is 77.6 Å². The van der Waals surface area contributed by atoms with E-state index in [1.54, 1.807) is 0 Å². The number of fused-ring (bicyclic) bond motifs is 2. The van der Waals surface area contributed by atoms with Crippen LogP contribution in [-0.4, -0.2) is 47.7 Å². The summed E-state index contributed by atoms with van der Waals surface area (Å²) in [7, 11) is 0. The van der Waals surface area contributed by atoms with Crippen LogP contribution in [0.25, 0.3) is 0 Å². The number of aliphatic hydroxyl groups is 1. The van der Waals surface area contributed by atoms with Crippen molar-refractivity contribution in [3.8, 4) is 0 Å². The fourth-order valence-electron chi connectivity index (χ4n) is 3.95. The molecule has 0 amide bonds. The fraction of sp³-hybridized carbons (Fsp3) is 0.850. The van der Waals surface area contributed by atoms with Gasteiger partial charge in [0.25, 0.3) is 0 Å². The third-order valence-electron chi connectivity index (χ3n) is 5.75. The molecule has 2 heterocycles. The Bertz CT molecular complexity index is 459. The van der Waals surface area contributed by atoms with Crippen LogP contribution in [0, 0.1) is 17.3 Å². The predicted octanol–water partition coefficient (Wildman–Crippen LogP) is 3.40. The molecule has 2 saturated heterocycles. The monoisotopic (exact) mass is 354 g/mol. The van der Waals surface area contributed by atoms with Crippen molar-refractivity contribution >= 4 is 5.97 Å². The number of hydrogen-bond donors (Lipinski definition) is 2. The maximum Gasteiger partial charge on any atom is 0.305 e. The predicted molar refractivity (Wildman–Crippen MR) is 96.4 cm³/mol. The first-order valence-electron chi connectivity index (χ1n) is 9.66. The maximum atomic E-state index is 10.6. The quantitative estimate of drug-likeness (QED) is 0.439. The number of ether oxygens (including phenoxy) is 2. The molecule has 1 unspecified atom stereocenters. The van der Waals surface area contributed by atoms with Gasteiger partial charge in [0.1, 0.15) is 0 Å². The molecule has 5 heteroatoms. The van der Waals surface area contributed by atoms with E-state index in [-0.39, 0.29) is 42.5 Å². The van der Waals surface area contributed by atoms with Crippen LogP contribution in [0.2, 0.25) is 0 Å². The molecule has 5 atom stereocenters. The minimum atomic E-state index is -0.835. The highest BCUT2D eigenvalue weighted by molar-refractivity contribution is 5.66. The Morgan fingerprint density at radius 2 is 2.08 bits per heavy atom. The maximum absolute atomic E-state index is 10.6. The van der Waals surface area contributed by atoms with Gasteiger partial charge >= 0.3 is 5.97 Å². The van der Waals surface area contributed by atoms with Gasteiger partial charge < -0.3 is 19.7 Å². The second-order valence-corrected chi connectivity index (χ2v) is 8.17. The largest absolute Gasteiger partial charge is 0.481 e. The van der Waals surface area contributed by atoms with E-state index in [9.17, 15) is 9.90 Å². The second-order valence-electron chi connectivity index (χ2n) is 8.17. The van der Waals surface area contributed by atoms with Gasteiger partial charge in [-0.05, 0) is 24.7 Å². The van der Waals surface area contributed by atoms with Gasteiger partial charge in [0.05, 0.1) is 37.9 Å². The van der Waals surface area contributed by atoms with Crippen LogP contribution in [0.4, 0.5) is 0 Å². The molecule has 0 aromatic rings. The lowest BCUT2D eigenvalue weighted by atomic mass is 9.77. The summed E-state index contributed by atoms with van der Waals surface area (Å²) in [6.45, 7) is 7.16. The second kappa shape index (κ2) is 9.15. The van der Waals surface area contributed by atoms with Crippen molar-refractivity contribution in [1.29, 1.82) is 0 Å². The Kier molecular flexibility index (Phi) is 7.47. The van der Waals surface area contributed by atoms with Crippen LogP contribution < -0.4 is 0 Å². The summed E-state index contributed by atoms with van der Waals surface area (Å²) < 4.78 is 11.6. The zero-order chi connectivity index (χ0) is 18.4. The average molecular weight is 354 g/mol. The Morgan fingerprint density at radius 3 is 2.76 bits per heavy atom. The van der Waals surface area contributed by atoms with Crippen LogP contribution >= 0.6 is 0 Å². The van der Waals surface area contributed by atoms with Gasteiger partial charge in [-0.1, -0.05) is 45.8 Å². The molecule has 0 spiro atoms. The van der Waals surface area contributed by atoms with E-state index in [1.807, 2.05) is 6.08 Å². The van der Waals surface area contributed by atoms with Crippen LogP contribution in [0.1, 0.15) is 59.3 Å². The number of carbonyl (C=O) groups is 1. The highest BCUT2D eigenvalue weighted by Gasteiger charge is 2.47. The van der Waals surface area contributed by atoms with Crippen molar-refractivity contribution in [3.05, 3.63) is 12.2 Å². The van der Waals surface area contributed by atoms with Crippen molar-refractivity contribution in [1.82, 2.24) is 0 Å². The summed E-state index contributed by atoms with van der Waals surface area (Å²) in [5, 5.41) is 19.3. The SMILES string of the molecule is CCCCC(C)(C)C(O)C=C[C@@H]1[C@H](COCCC(=O)O)[C@@H]2CC[C@H]1O2. The van der Waals surface area contributed by atoms with E-state index in [4.69, 9.17) is 14.6 Å². The van der Waals surface area contributed by atoms with Crippen LogP contribution in [0.5, 0.6) is 0 Å². The van der Waals surface area contributed by atoms with E-state index in [1.165, 1.54) is 0 Å². The summed E-state index contributed by atoms with van der Waals surface area (Å²) in [6, 6.07) is 0. The molecule has 0 radical (unpaired) electrons. The van der Waals surface area contributed by atoms with Gasteiger partial charge in [0.15, 0.2) is 0 Å². The molecule has 2 bridgehead atoms. The molecule has 0 aromatic carbocycles. The number of aliphatic hydroxyl groups excluding tert-OH is 1. The molecule has 2 aliphatic rings. The summed E-state index contributed by atoms with van der Waals surface area (Å²) in [6.07, 6.45) is 9.40. The minimum Gasteiger partial charge on any atom is -0.481 e. The van der Waals surface area contributed by atoms with E-state index in [0.29, 0.717) is 6.61 Å². The topological polar surface area (TPSA) is 76.0 Å². The van der Waals surface area contributed by atoms with E-state index >= 15 is 0 Å². The van der Waals surface area contributed by atoms with Gasteiger partial charge in [-0.2, -0.15) is 0 Å². The summed E-state index contributed by atoms with van der Waals surface area (Å²) in [4.78, 5) is 10.6. The van der Waals surface area contributed by atoms with Crippen LogP contribution in [-0.2, 0) is 14.3 Å². The van der Waals surface area contributed by atoms with Gasteiger partial charge in [-0.15, -0.1) is 0 Å². The molecule has 2 fully saturated rings. The Balaban J connectivity index is 1.90. The van der Waals surface area contributed by atoms with Gasteiger partial charge in [0, 0.05) is 11.8 Å². The minimum absolute atomic E-state index is 0.0342. The molecule has 2 aliphatic heterocycles. The van der Waals surface area contributed by atoms with Gasteiger partial charge in [-0.3, -0.25) is 4.79 Å². The summed E-state index contributed by atoms with van der Waals surface area (Å²) >= 11 is 0. The van der Waals surface area contributed by atoms with E-state index < -0.39 is 12.1 Å². The first-order valence-corrected chi connectivity index (χ1v) is 9.66. The van der Waals surface area contributed by atoms with Crippen LogP contribution in [0.15, 0.2) is 12.2 Å². The summed E-state index contributed by atoms with van der Waals surface area (Å²) in [5.41, 5.74) is -0.127. The average Bonchev–Trinajstić information content (AvgIpc) is 3.16. The van der Waals surface area contributed by atoms with Crippen molar-refractivity contribution in [3.63, 3.8) is 0 Å². The lowest BCUT2D eigenvalue weighted by molar-refractivity contribution is -0.138. The third-order valence-corrected chi connectivity index (χ3v) is 5.75. The van der Waals surface area contributed by atoms with E-state index in [0.717, 1.165) is 32.1 Å². The molecule has 2 N–H and O–H groups in total. The number of hydrogen-bond acceptors (Lipinski definition) is 4. The zero-order valence-electron chi connectivity index (χ0n) is 15.8. The molecule has 0 aromatic heterocycles. The fourth-order valence-corrected chi connectivity index (χ4v) is 3.95. The number of unbranched alkanes of at least 4 members (excludes halogenated alkanes) is 1. The third kappa shape index (κ3) is 5.53. The molecular weight excluding hydrogens is 320 g/mol. The molecule has 144 valence electrons. The van der Waals surface area contributed by atoms with Crippen molar-refractivity contribution in [2.75, 3.05) is 13.2 Å². The van der Waals surface area contributed by atoms with Gasteiger partial charge in [0.2, 0.25) is 0 Å². The highest BCUT2D eigenvalue weighted by atomic mass is 16.5. The highest BCUT2D eigenvalue weighted by Crippen LogP contribution is 2.44. The van der Waals surface area contributed by atoms with Gasteiger partial charge in [-0.25, -0.2) is 0 Å². The number of aliphatic carboxylic acids is 1. The van der Waals surface area contributed by atoms with Crippen LogP contribution in [0.3, 0.4) is 0 Å². The zero-order valence-corrected chi connectivity index (χ0v) is 15.8. The smallest absolute Gasteiger partial charge is 0.305 e. The first kappa shape index (κ1) is 20.4. The standard InChI is InChI=1S/C20H34O5/c1-4-5-11-20(2,3)18(21)9-6-14-15(13-24-12-10-19(22)23)17-8-7-16(14)25-17/h6,9,14-18,21H,4-5,7-8,10-13H2,1-3H3,(H,22,23)/t14-,15+,16-,17+,18?/m1/s1. The van der Waals surface area contributed by atoms with E-state index in [2.05, 4.69) is 26.8 Å². The Morgan fingerprint density at radius 1 is 1.36 bits per heavy atom. The van der Waals surface area contributed by atoms with Crippen molar-refractivity contribution < 1.29 is 24.5 Å². The molecule has 2 rings (SSSR count). The number of carboxylic acid groups (broad SMARTS) is 1. The normalized spacial score (nSPS) is 30.2. The molecular formula is C20H34O5.